The quantitative estimate of drug-likeness (QED) is 0.626. The molecule has 4 heteroatoms. The van der Waals surface area contributed by atoms with E-state index in [0.717, 1.165) is 27.5 Å². The number of ether oxygens (including phenoxy) is 1. The maximum Gasteiger partial charge on any atom is 0.147 e. The molecule has 1 atom stereocenters. The molecule has 0 aliphatic carbocycles. The number of hydrogen-bond acceptors (Lipinski definition) is 2. The number of rotatable bonds is 5. The zero-order valence-corrected chi connectivity index (χ0v) is 13.8. The third kappa shape index (κ3) is 5.01. The van der Waals surface area contributed by atoms with Gasteiger partial charge in [-0.05, 0) is 69.8 Å². The van der Waals surface area contributed by atoms with Gasteiger partial charge in [0.2, 0.25) is 0 Å². The summed E-state index contributed by atoms with van der Waals surface area (Å²) in [7, 11) is 0. The predicted octanol–water partition coefficient (Wildman–Crippen LogP) is 3.89. The molecule has 18 heavy (non-hydrogen) atoms. The van der Waals surface area contributed by atoms with Gasteiger partial charge in [-0.25, -0.2) is 0 Å². The van der Waals surface area contributed by atoms with Crippen molar-refractivity contribution in [3.63, 3.8) is 0 Å². The maximum atomic E-state index is 5.80. The Morgan fingerprint density at radius 2 is 1.94 bits per heavy atom. The molecule has 0 heterocycles. The fourth-order valence-electron chi connectivity index (χ4n) is 1.57. The predicted molar refractivity (Wildman–Crippen MR) is 82.8 cm³/mol. The van der Waals surface area contributed by atoms with Gasteiger partial charge in [0, 0.05) is 12.5 Å². The van der Waals surface area contributed by atoms with Gasteiger partial charge in [0.15, 0.2) is 0 Å². The molecule has 1 aromatic carbocycles. The molecule has 0 radical (unpaired) electrons. The first-order chi connectivity index (χ1) is 8.54. The number of nitrogens with two attached hydrogens (primary N) is 1. The third-order valence-corrected chi connectivity index (χ3v) is 3.44. The topological polar surface area (TPSA) is 35.2 Å². The zero-order chi connectivity index (χ0) is 13.5. The molecule has 0 aliphatic rings. The number of halogens is 2. The van der Waals surface area contributed by atoms with Crippen LogP contribution in [0.1, 0.15) is 25.8 Å². The summed E-state index contributed by atoms with van der Waals surface area (Å²) in [6.45, 7) is 4.41. The van der Waals surface area contributed by atoms with E-state index in [1.807, 2.05) is 13.8 Å². The van der Waals surface area contributed by atoms with Gasteiger partial charge in [0.25, 0.3) is 0 Å². The van der Waals surface area contributed by atoms with E-state index >= 15 is 0 Å². The molecule has 0 amide bonds. The fraction of sp³-hybridized carbons (Fsp3) is 0.429. The third-order valence-electron chi connectivity index (χ3n) is 2.27. The van der Waals surface area contributed by atoms with Crippen LogP contribution in [0.3, 0.4) is 0 Å². The Labute approximate surface area is 126 Å². The summed E-state index contributed by atoms with van der Waals surface area (Å²) in [6.07, 6.45) is 1.58. The smallest absolute Gasteiger partial charge is 0.147 e. The molecule has 1 unspecified atom stereocenters. The van der Waals surface area contributed by atoms with Gasteiger partial charge >= 0.3 is 0 Å². The highest BCUT2D eigenvalue weighted by Crippen LogP contribution is 2.35. The summed E-state index contributed by atoms with van der Waals surface area (Å²) in [6, 6.07) is 4.25. The summed E-state index contributed by atoms with van der Waals surface area (Å²) in [5.41, 5.74) is 6.98. The normalized spacial score (nSPS) is 11.6. The Bertz CT molecular complexity index is 438. The van der Waals surface area contributed by atoms with Crippen molar-refractivity contribution in [2.24, 2.45) is 5.73 Å². The summed E-state index contributed by atoms with van der Waals surface area (Å²) in [4.78, 5) is 0. The van der Waals surface area contributed by atoms with E-state index in [-0.39, 0.29) is 6.04 Å². The van der Waals surface area contributed by atoms with Crippen molar-refractivity contribution in [2.45, 2.75) is 32.7 Å². The van der Waals surface area contributed by atoms with Crippen LogP contribution in [-0.4, -0.2) is 12.6 Å². The van der Waals surface area contributed by atoms with E-state index in [9.17, 15) is 0 Å². The molecular formula is C14H17Br2NO. The molecule has 0 saturated heterocycles. The van der Waals surface area contributed by atoms with Crippen LogP contribution < -0.4 is 10.5 Å². The minimum Gasteiger partial charge on any atom is -0.490 e. The second-order valence-electron chi connectivity index (χ2n) is 4.10. The monoisotopic (exact) mass is 373 g/mol. The van der Waals surface area contributed by atoms with E-state index in [2.05, 4.69) is 55.8 Å². The maximum absolute atomic E-state index is 5.80. The molecule has 0 spiro atoms. The minimum absolute atomic E-state index is 0.149. The van der Waals surface area contributed by atoms with Gasteiger partial charge in [0.1, 0.15) is 5.75 Å². The Morgan fingerprint density at radius 1 is 1.33 bits per heavy atom. The van der Waals surface area contributed by atoms with Crippen molar-refractivity contribution in [3.8, 4) is 17.6 Å². The summed E-state index contributed by atoms with van der Waals surface area (Å²) in [5, 5.41) is 0. The highest BCUT2D eigenvalue weighted by Gasteiger charge is 2.09. The van der Waals surface area contributed by atoms with Crippen LogP contribution in [0.2, 0.25) is 0 Å². The molecule has 2 nitrogen and oxygen atoms in total. The van der Waals surface area contributed by atoms with E-state index in [1.165, 1.54) is 5.56 Å². The number of benzene rings is 1. The van der Waals surface area contributed by atoms with Gasteiger partial charge in [-0.15, -0.1) is 11.8 Å². The lowest BCUT2D eigenvalue weighted by Crippen LogP contribution is -2.17. The van der Waals surface area contributed by atoms with Gasteiger partial charge in [-0.1, -0.05) is 0 Å². The van der Waals surface area contributed by atoms with Crippen LogP contribution in [0.15, 0.2) is 21.1 Å². The lowest BCUT2D eigenvalue weighted by molar-refractivity contribution is 0.323. The van der Waals surface area contributed by atoms with Crippen LogP contribution in [-0.2, 0) is 6.42 Å². The average molecular weight is 375 g/mol. The van der Waals surface area contributed by atoms with E-state index in [1.54, 1.807) is 0 Å². The Kier molecular flexibility index (Phi) is 6.77. The SMILES string of the molecule is CC#CCCOc1c(Br)cc(CC(C)N)cc1Br. The molecule has 0 aromatic heterocycles. The van der Waals surface area contributed by atoms with Crippen molar-refractivity contribution in [1.82, 2.24) is 0 Å². The average Bonchev–Trinajstić information content (AvgIpc) is 2.26. The van der Waals surface area contributed by atoms with E-state index in [4.69, 9.17) is 10.5 Å². The first-order valence-corrected chi connectivity index (χ1v) is 7.39. The molecule has 2 N–H and O–H groups in total. The van der Waals surface area contributed by atoms with Crippen molar-refractivity contribution in [3.05, 3.63) is 26.6 Å². The number of hydrogen-bond donors (Lipinski definition) is 1. The summed E-state index contributed by atoms with van der Waals surface area (Å²) < 4.78 is 7.59. The summed E-state index contributed by atoms with van der Waals surface area (Å²) >= 11 is 7.05. The van der Waals surface area contributed by atoms with Gasteiger partial charge in [-0.3, -0.25) is 0 Å². The van der Waals surface area contributed by atoms with Crippen LogP contribution in [0.25, 0.3) is 0 Å². The van der Waals surface area contributed by atoms with Crippen molar-refractivity contribution in [2.75, 3.05) is 6.61 Å². The van der Waals surface area contributed by atoms with Crippen molar-refractivity contribution >= 4 is 31.9 Å². The van der Waals surface area contributed by atoms with Gasteiger partial charge in [-0.2, -0.15) is 0 Å². The Hall–Kier alpha value is -0.500. The van der Waals surface area contributed by atoms with E-state index < -0.39 is 0 Å². The molecule has 0 saturated carbocycles. The van der Waals surface area contributed by atoms with E-state index in [0.29, 0.717) is 6.61 Å². The van der Waals surface area contributed by atoms with Crippen LogP contribution in [0.4, 0.5) is 0 Å². The molecule has 1 rings (SSSR count). The minimum atomic E-state index is 0.149. The lowest BCUT2D eigenvalue weighted by atomic mass is 10.1. The highest BCUT2D eigenvalue weighted by molar-refractivity contribution is 9.11. The Balaban J connectivity index is 2.76. The molecule has 98 valence electrons. The summed E-state index contributed by atoms with van der Waals surface area (Å²) in [5.74, 6) is 6.64. The van der Waals surface area contributed by atoms with Crippen LogP contribution in [0, 0.1) is 11.8 Å². The standard InChI is InChI=1S/C14H17Br2NO/c1-3-4-5-6-18-14-12(15)8-11(7-10(2)17)9-13(14)16/h8-10H,5-7,17H2,1-2H3. The largest absolute Gasteiger partial charge is 0.490 e. The highest BCUT2D eigenvalue weighted by atomic mass is 79.9. The van der Waals surface area contributed by atoms with Gasteiger partial charge in [0.05, 0.1) is 15.6 Å². The lowest BCUT2D eigenvalue weighted by Gasteiger charge is -2.12. The fourth-order valence-corrected chi connectivity index (χ4v) is 3.08. The zero-order valence-electron chi connectivity index (χ0n) is 10.6. The van der Waals surface area contributed by atoms with Crippen LogP contribution in [0.5, 0.6) is 5.75 Å². The Morgan fingerprint density at radius 3 is 2.44 bits per heavy atom. The van der Waals surface area contributed by atoms with Gasteiger partial charge < -0.3 is 10.5 Å². The van der Waals surface area contributed by atoms with Crippen molar-refractivity contribution < 1.29 is 4.74 Å². The molecule has 0 fully saturated rings. The second kappa shape index (κ2) is 7.83. The molecule has 0 aliphatic heterocycles. The molecular weight excluding hydrogens is 358 g/mol. The van der Waals surface area contributed by atoms with Crippen molar-refractivity contribution in [1.29, 1.82) is 0 Å². The second-order valence-corrected chi connectivity index (χ2v) is 5.80. The first kappa shape index (κ1) is 15.6. The molecule has 0 bridgehead atoms. The molecule has 1 aromatic rings. The first-order valence-electron chi connectivity index (χ1n) is 5.80. The van der Waals surface area contributed by atoms with Crippen LogP contribution >= 0.6 is 31.9 Å².